The molecular weight excluding hydrogens is 248 g/mol. The van der Waals surface area contributed by atoms with Crippen LogP contribution >= 0.6 is 0 Å². The third kappa shape index (κ3) is 3.46. The van der Waals surface area contributed by atoms with Gasteiger partial charge in [-0.3, -0.25) is 4.79 Å². The molecule has 2 rings (SSSR count). The molecule has 0 aromatic heterocycles. The highest BCUT2D eigenvalue weighted by Crippen LogP contribution is 2.20. The van der Waals surface area contributed by atoms with Gasteiger partial charge in [0.1, 0.15) is 6.07 Å². The van der Waals surface area contributed by atoms with Crippen molar-refractivity contribution >= 4 is 11.6 Å². The van der Waals surface area contributed by atoms with Gasteiger partial charge in [-0.1, -0.05) is 49.4 Å². The fourth-order valence-corrected chi connectivity index (χ4v) is 2.07. The molecule has 0 aliphatic carbocycles. The zero-order chi connectivity index (χ0) is 14.4. The van der Waals surface area contributed by atoms with Gasteiger partial charge in [0.15, 0.2) is 0 Å². The molecule has 0 saturated heterocycles. The fourth-order valence-electron chi connectivity index (χ4n) is 2.07. The largest absolute Gasteiger partial charge is 0.325 e. The van der Waals surface area contributed by atoms with E-state index in [1.54, 1.807) is 24.3 Å². The molecule has 0 bridgehead atoms. The SMILES string of the molecule is CC(CC(=O)Nc1ccccc1C#N)c1ccccc1. The number of para-hydroxylation sites is 1. The van der Waals surface area contributed by atoms with Crippen molar-refractivity contribution in [1.29, 1.82) is 5.26 Å². The number of hydrogen-bond acceptors (Lipinski definition) is 2. The standard InChI is InChI=1S/C17H16N2O/c1-13(14-7-3-2-4-8-14)11-17(20)19-16-10-6-5-9-15(16)12-18/h2-10,13H,11H2,1H3,(H,19,20). The second kappa shape index (κ2) is 6.53. The van der Waals surface area contributed by atoms with Crippen molar-refractivity contribution < 1.29 is 4.79 Å². The minimum atomic E-state index is -0.0796. The van der Waals surface area contributed by atoms with Crippen LogP contribution in [0.25, 0.3) is 0 Å². The Bertz CT molecular complexity index is 629. The van der Waals surface area contributed by atoms with Crippen LogP contribution in [0.4, 0.5) is 5.69 Å². The first-order valence-corrected chi connectivity index (χ1v) is 6.54. The van der Waals surface area contributed by atoms with E-state index < -0.39 is 0 Å². The average Bonchev–Trinajstić information content (AvgIpc) is 2.48. The Balaban J connectivity index is 2.01. The molecule has 0 aliphatic rings. The van der Waals surface area contributed by atoms with Crippen LogP contribution in [0.1, 0.15) is 30.4 Å². The molecular formula is C17H16N2O. The summed E-state index contributed by atoms with van der Waals surface area (Å²) in [6.45, 7) is 2.02. The van der Waals surface area contributed by atoms with Crippen molar-refractivity contribution in [3.63, 3.8) is 0 Å². The summed E-state index contributed by atoms with van der Waals surface area (Å²) in [5.41, 5.74) is 2.18. The van der Waals surface area contributed by atoms with Gasteiger partial charge in [0.2, 0.25) is 5.91 Å². The lowest BCUT2D eigenvalue weighted by Crippen LogP contribution is -2.15. The fraction of sp³-hybridized carbons (Fsp3) is 0.176. The molecule has 3 heteroatoms. The number of nitriles is 1. The maximum absolute atomic E-state index is 12.0. The number of carbonyl (C=O) groups excluding carboxylic acids is 1. The molecule has 1 unspecified atom stereocenters. The summed E-state index contributed by atoms with van der Waals surface area (Å²) in [6, 6.07) is 19.0. The van der Waals surface area contributed by atoms with Gasteiger partial charge in [-0.05, 0) is 23.6 Å². The number of amides is 1. The van der Waals surface area contributed by atoms with Crippen molar-refractivity contribution in [2.45, 2.75) is 19.3 Å². The molecule has 0 spiro atoms. The van der Waals surface area contributed by atoms with Crippen LogP contribution in [-0.2, 0) is 4.79 Å². The van der Waals surface area contributed by atoms with Gasteiger partial charge in [-0.15, -0.1) is 0 Å². The zero-order valence-electron chi connectivity index (χ0n) is 11.3. The molecule has 2 aromatic rings. The normalized spacial score (nSPS) is 11.4. The van der Waals surface area contributed by atoms with E-state index >= 15 is 0 Å². The van der Waals surface area contributed by atoms with Crippen molar-refractivity contribution in [3.05, 3.63) is 65.7 Å². The molecule has 100 valence electrons. The highest BCUT2D eigenvalue weighted by Gasteiger charge is 2.12. The first-order chi connectivity index (χ1) is 9.70. The Kier molecular flexibility index (Phi) is 4.52. The second-order valence-corrected chi connectivity index (χ2v) is 4.72. The van der Waals surface area contributed by atoms with Gasteiger partial charge >= 0.3 is 0 Å². The number of nitrogens with zero attached hydrogens (tertiary/aromatic N) is 1. The van der Waals surface area contributed by atoms with E-state index in [1.807, 2.05) is 37.3 Å². The van der Waals surface area contributed by atoms with Crippen LogP contribution in [0.2, 0.25) is 0 Å². The van der Waals surface area contributed by atoms with Crippen molar-refractivity contribution in [1.82, 2.24) is 0 Å². The van der Waals surface area contributed by atoms with E-state index in [-0.39, 0.29) is 11.8 Å². The van der Waals surface area contributed by atoms with Crippen LogP contribution in [0, 0.1) is 11.3 Å². The lowest BCUT2D eigenvalue weighted by Gasteiger charge is -2.12. The summed E-state index contributed by atoms with van der Waals surface area (Å²) in [5, 5.41) is 11.8. The number of carbonyl (C=O) groups is 1. The van der Waals surface area contributed by atoms with Gasteiger partial charge in [0.05, 0.1) is 11.3 Å². The molecule has 0 aliphatic heterocycles. The molecule has 0 fully saturated rings. The molecule has 20 heavy (non-hydrogen) atoms. The Hall–Kier alpha value is -2.60. The van der Waals surface area contributed by atoms with Gasteiger partial charge < -0.3 is 5.32 Å². The second-order valence-electron chi connectivity index (χ2n) is 4.72. The Morgan fingerprint density at radius 3 is 2.50 bits per heavy atom. The lowest BCUT2D eigenvalue weighted by molar-refractivity contribution is -0.116. The monoisotopic (exact) mass is 264 g/mol. The van der Waals surface area contributed by atoms with Gasteiger partial charge in [-0.25, -0.2) is 0 Å². The van der Waals surface area contributed by atoms with Crippen LogP contribution in [0.15, 0.2) is 54.6 Å². The molecule has 1 N–H and O–H groups in total. The first-order valence-electron chi connectivity index (χ1n) is 6.54. The maximum Gasteiger partial charge on any atom is 0.225 e. The van der Waals surface area contributed by atoms with Crippen LogP contribution in [0.3, 0.4) is 0 Å². The third-order valence-corrected chi connectivity index (χ3v) is 3.18. The molecule has 1 atom stereocenters. The van der Waals surface area contributed by atoms with E-state index in [0.717, 1.165) is 5.56 Å². The first kappa shape index (κ1) is 13.8. The van der Waals surface area contributed by atoms with Gasteiger partial charge in [0, 0.05) is 6.42 Å². The number of benzene rings is 2. The minimum absolute atomic E-state index is 0.0796. The number of anilines is 1. The summed E-state index contributed by atoms with van der Waals surface area (Å²) >= 11 is 0. The maximum atomic E-state index is 12.0. The number of hydrogen-bond donors (Lipinski definition) is 1. The molecule has 2 aromatic carbocycles. The predicted molar refractivity (Wildman–Crippen MR) is 79.3 cm³/mol. The summed E-state index contributed by atoms with van der Waals surface area (Å²) in [7, 11) is 0. The Morgan fingerprint density at radius 1 is 1.15 bits per heavy atom. The molecule has 0 saturated carbocycles. The van der Waals surface area contributed by atoms with Crippen LogP contribution < -0.4 is 5.32 Å². The Morgan fingerprint density at radius 2 is 1.80 bits per heavy atom. The Labute approximate surface area is 118 Å². The molecule has 1 amide bonds. The number of rotatable bonds is 4. The predicted octanol–water partition coefficient (Wildman–Crippen LogP) is 3.69. The lowest BCUT2D eigenvalue weighted by atomic mass is 9.97. The topological polar surface area (TPSA) is 52.9 Å². The molecule has 0 radical (unpaired) electrons. The van der Waals surface area contributed by atoms with Crippen molar-refractivity contribution in [2.24, 2.45) is 0 Å². The van der Waals surface area contributed by atoms with Gasteiger partial charge in [-0.2, -0.15) is 5.26 Å². The highest BCUT2D eigenvalue weighted by atomic mass is 16.1. The molecule has 0 heterocycles. The third-order valence-electron chi connectivity index (χ3n) is 3.18. The van der Waals surface area contributed by atoms with Crippen molar-refractivity contribution in [2.75, 3.05) is 5.32 Å². The van der Waals surface area contributed by atoms with Crippen LogP contribution in [-0.4, -0.2) is 5.91 Å². The highest BCUT2D eigenvalue weighted by molar-refractivity contribution is 5.92. The number of nitrogens with one attached hydrogen (secondary N) is 1. The minimum Gasteiger partial charge on any atom is -0.325 e. The summed E-state index contributed by atoms with van der Waals surface area (Å²) in [4.78, 5) is 12.0. The molecule has 3 nitrogen and oxygen atoms in total. The van der Waals surface area contributed by atoms with E-state index in [4.69, 9.17) is 5.26 Å². The van der Waals surface area contributed by atoms with Crippen LogP contribution in [0.5, 0.6) is 0 Å². The van der Waals surface area contributed by atoms with E-state index in [9.17, 15) is 4.79 Å². The summed E-state index contributed by atoms with van der Waals surface area (Å²) in [5.74, 6) is 0.0644. The summed E-state index contributed by atoms with van der Waals surface area (Å²) in [6.07, 6.45) is 0.393. The van der Waals surface area contributed by atoms with Gasteiger partial charge in [0.25, 0.3) is 0 Å². The zero-order valence-corrected chi connectivity index (χ0v) is 11.3. The van der Waals surface area contributed by atoms with E-state index in [0.29, 0.717) is 17.7 Å². The van der Waals surface area contributed by atoms with E-state index in [1.165, 1.54) is 0 Å². The average molecular weight is 264 g/mol. The smallest absolute Gasteiger partial charge is 0.225 e. The van der Waals surface area contributed by atoms with Crippen molar-refractivity contribution in [3.8, 4) is 6.07 Å². The van der Waals surface area contributed by atoms with E-state index in [2.05, 4.69) is 11.4 Å². The summed E-state index contributed by atoms with van der Waals surface area (Å²) < 4.78 is 0. The quantitative estimate of drug-likeness (QED) is 0.915.